The highest BCUT2D eigenvalue weighted by Gasteiger charge is 2.23. The monoisotopic (exact) mass is 569 g/mol. The number of hydrogen-bond donors (Lipinski definition) is 6. The third-order valence-electron chi connectivity index (χ3n) is 6.65. The molecule has 6 N–H and O–H groups in total. The molecule has 216 valence electrons. The summed E-state index contributed by atoms with van der Waals surface area (Å²) in [6.07, 6.45) is 0.613. The first-order valence-electron chi connectivity index (χ1n) is 13.0. The zero-order valence-electron chi connectivity index (χ0n) is 23.5. The minimum absolute atomic E-state index is 0.000134. The first kappa shape index (κ1) is 30.9. The van der Waals surface area contributed by atoms with Crippen LogP contribution in [0.3, 0.4) is 0 Å². The van der Waals surface area contributed by atoms with Crippen molar-refractivity contribution >= 4 is 21.6 Å². The predicted octanol–water partition coefficient (Wildman–Crippen LogP) is 3.82. The Kier molecular flexibility index (Phi) is 9.50. The molecule has 0 heterocycles. The fraction of sp³-hybridized carbons (Fsp3) is 0.367. The summed E-state index contributed by atoms with van der Waals surface area (Å²) < 4.78 is 25.3. The normalized spacial score (nSPS) is 13.1. The Morgan fingerprint density at radius 2 is 1.62 bits per heavy atom. The van der Waals surface area contributed by atoms with Crippen molar-refractivity contribution in [3.05, 3.63) is 89.0 Å². The molecule has 40 heavy (non-hydrogen) atoms. The van der Waals surface area contributed by atoms with E-state index in [9.17, 15) is 28.5 Å². The number of aliphatic hydroxyl groups excluding tert-OH is 1. The molecule has 1 atom stereocenters. The fourth-order valence-electron chi connectivity index (χ4n) is 4.35. The van der Waals surface area contributed by atoms with Crippen LogP contribution in [-0.2, 0) is 21.9 Å². The van der Waals surface area contributed by atoms with Crippen molar-refractivity contribution in [3.8, 4) is 11.5 Å². The number of aromatic hydroxyl groups is 2. The van der Waals surface area contributed by atoms with Gasteiger partial charge in [-0.1, -0.05) is 44.2 Å². The molecule has 3 rings (SSSR count). The molecule has 1 amide bonds. The molecule has 0 spiro atoms. The first-order valence-corrected chi connectivity index (χ1v) is 14.8. The molecule has 0 bridgehead atoms. The standard InChI is InChI=1S/C30H39N3O6S/c1-29(2,23-10-12-24(34)13-11-23)19-31-28(37)22-8-6-7-20(15-22)17-30(3,4)32-18-27(36)21-9-14-26(35)25(16-21)33-40(5,38)39/h6-16,27,32-36H,17-19H2,1-5H3,(H,31,37)/t27-/m1/s1. The molecule has 0 saturated heterocycles. The number of hydrogen-bond acceptors (Lipinski definition) is 7. The number of carbonyl (C=O) groups is 1. The Labute approximate surface area is 236 Å². The lowest BCUT2D eigenvalue weighted by Gasteiger charge is -2.28. The number of nitrogens with one attached hydrogen (secondary N) is 3. The largest absolute Gasteiger partial charge is 0.508 e. The maximum atomic E-state index is 12.9. The zero-order chi connectivity index (χ0) is 29.7. The van der Waals surface area contributed by atoms with E-state index >= 15 is 0 Å². The molecular formula is C30H39N3O6S. The summed E-state index contributed by atoms with van der Waals surface area (Å²) in [6, 6.07) is 18.6. The van der Waals surface area contributed by atoms with Crippen LogP contribution in [0.2, 0.25) is 0 Å². The number of anilines is 1. The SMILES string of the molecule is CC(C)(Cc1cccc(C(=O)NCC(C)(C)c2ccc(O)cc2)c1)NC[C@@H](O)c1ccc(O)c(NS(C)(=O)=O)c1. The van der Waals surface area contributed by atoms with Gasteiger partial charge in [0, 0.05) is 29.6 Å². The van der Waals surface area contributed by atoms with Crippen LogP contribution in [0.4, 0.5) is 5.69 Å². The third kappa shape index (κ3) is 8.97. The van der Waals surface area contributed by atoms with Gasteiger partial charge >= 0.3 is 0 Å². The van der Waals surface area contributed by atoms with Gasteiger partial charge in [0.05, 0.1) is 18.0 Å². The number of phenolic OH excluding ortho intramolecular Hbond substituents is 2. The molecule has 9 nitrogen and oxygen atoms in total. The van der Waals surface area contributed by atoms with Gasteiger partial charge in [-0.3, -0.25) is 9.52 Å². The van der Waals surface area contributed by atoms with E-state index in [0.717, 1.165) is 17.4 Å². The van der Waals surface area contributed by atoms with Gasteiger partial charge in [-0.05, 0) is 73.4 Å². The van der Waals surface area contributed by atoms with E-state index in [-0.39, 0.29) is 35.1 Å². The lowest BCUT2D eigenvalue weighted by molar-refractivity contribution is 0.0945. The molecular weight excluding hydrogens is 530 g/mol. The van der Waals surface area contributed by atoms with Gasteiger partial charge in [-0.2, -0.15) is 0 Å². The van der Waals surface area contributed by atoms with Gasteiger partial charge in [-0.15, -0.1) is 0 Å². The summed E-state index contributed by atoms with van der Waals surface area (Å²) in [6.45, 7) is 8.63. The van der Waals surface area contributed by atoms with Crippen molar-refractivity contribution in [1.29, 1.82) is 0 Å². The van der Waals surface area contributed by atoms with Crippen molar-refractivity contribution in [2.45, 2.75) is 51.2 Å². The Morgan fingerprint density at radius 1 is 0.950 bits per heavy atom. The van der Waals surface area contributed by atoms with Crippen molar-refractivity contribution in [3.63, 3.8) is 0 Å². The van der Waals surface area contributed by atoms with Crippen LogP contribution in [0.15, 0.2) is 66.7 Å². The molecule has 0 radical (unpaired) electrons. The molecule has 0 aliphatic heterocycles. The van der Waals surface area contributed by atoms with Crippen LogP contribution < -0.4 is 15.4 Å². The number of aliphatic hydroxyl groups is 1. The number of amides is 1. The molecule has 0 aliphatic rings. The zero-order valence-corrected chi connectivity index (χ0v) is 24.3. The van der Waals surface area contributed by atoms with E-state index in [0.29, 0.717) is 24.1 Å². The molecule has 10 heteroatoms. The van der Waals surface area contributed by atoms with Crippen molar-refractivity contribution in [2.75, 3.05) is 24.1 Å². The Balaban J connectivity index is 1.60. The second kappa shape index (κ2) is 12.3. The molecule has 0 aromatic heterocycles. The molecule has 0 fully saturated rings. The Hall–Kier alpha value is -3.60. The second-order valence-electron chi connectivity index (χ2n) is 11.4. The molecule has 0 unspecified atom stereocenters. The average molecular weight is 570 g/mol. The lowest BCUT2D eigenvalue weighted by atomic mass is 9.84. The summed E-state index contributed by atoms with van der Waals surface area (Å²) in [5, 5.41) is 36.5. The third-order valence-corrected chi connectivity index (χ3v) is 7.24. The number of sulfonamides is 1. The van der Waals surface area contributed by atoms with Gasteiger partial charge in [0.15, 0.2) is 0 Å². The Bertz CT molecular complexity index is 1440. The number of carbonyl (C=O) groups excluding carboxylic acids is 1. The van der Waals surface area contributed by atoms with E-state index < -0.39 is 21.7 Å². The molecule has 3 aromatic rings. The number of β-amino-alcohol motifs (C(OH)–C–C–N with tert-alkyl or cyclic N) is 1. The maximum absolute atomic E-state index is 12.9. The summed E-state index contributed by atoms with van der Waals surface area (Å²) >= 11 is 0. The molecule has 0 saturated carbocycles. The van der Waals surface area contributed by atoms with E-state index in [4.69, 9.17) is 0 Å². The summed E-state index contributed by atoms with van der Waals surface area (Å²) in [7, 11) is -3.59. The maximum Gasteiger partial charge on any atom is 0.251 e. The minimum atomic E-state index is -3.59. The molecule has 3 aromatic carbocycles. The van der Waals surface area contributed by atoms with Gasteiger partial charge in [0.25, 0.3) is 5.91 Å². The van der Waals surface area contributed by atoms with E-state index in [1.54, 1.807) is 18.2 Å². The van der Waals surface area contributed by atoms with E-state index in [2.05, 4.69) is 15.4 Å². The second-order valence-corrected chi connectivity index (χ2v) is 13.2. The van der Waals surface area contributed by atoms with Crippen molar-refractivity contribution < 1.29 is 28.5 Å². The predicted molar refractivity (Wildman–Crippen MR) is 157 cm³/mol. The van der Waals surface area contributed by atoms with Crippen molar-refractivity contribution in [2.24, 2.45) is 0 Å². The average Bonchev–Trinajstić information content (AvgIpc) is 2.86. The van der Waals surface area contributed by atoms with Crippen molar-refractivity contribution in [1.82, 2.24) is 10.6 Å². The minimum Gasteiger partial charge on any atom is -0.508 e. The van der Waals surface area contributed by atoms with Crippen LogP contribution in [0.25, 0.3) is 0 Å². The van der Waals surface area contributed by atoms with Gasteiger partial charge in [-0.25, -0.2) is 8.42 Å². The molecule has 0 aliphatic carbocycles. The smallest absolute Gasteiger partial charge is 0.251 e. The van der Waals surface area contributed by atoms with Crippen LogP contribution in [0.1, 0.15) is 60.8 Å². The van der Waals surface area contributed by atoms with Gasteiger partial charge < -0.3 is 26.0 Å². The highest BCUT2D eigenvalue weighted by Crippen LogP contribution is 2.28. The Morgan fingerprint density at radius 3 is 2.27 bits per heavy atom. The van der Waals surface area contributed by atoms with E-state index in [1.807, 2.05) is 58.0 Å². The highest BCUT2D eigenvalue weighted by atomic mass is 32.2. The van der Waals surface area contributed by atoms with Gasteiger partial charge in [0.1, 0.15) is 11.5 Å². The first-order chi connectivity index (χ1) is 18.5. The van der Waals surface area contributed by atoms with Crippen LogP contribution >= 0.6 is 0 Å². The number of benzene rings is 3. The number of phenols is 2. The lowest BCUT2D eigenvalue weighted by Crippen LogP contribution is -2.43. The van der Waals surface area contributed by atoms with E-state index in [1.165, 1.54) is 18.2 Å². The fourth-order valence-corrected chi connectivity index (χ4v) is 4.91. The van der Waals surface area contributed by atoms with Gasteiger partial charge in [0.2, 0.25) is 10.0 Å². The van der Waals surface area contributed by atoms with Crippen LogP contribution in [-0.4, -0.2) is 54.5 Å². The topological polar surface area (TPSA) is 148 Å². The highest BCUT2D eigenvalue weighted by molar-refractivity contribution is 7.92. The number of rotatable bonds is 12. The van der Waals surface area contributed by atoms with Crippen LogP contribution in [0, 0.1) is 0 Å². The summed E-state index contributed by atoms with van der Waals surface area (Å²) in [5.41, 5.74) is 2.17. The quantitative estimate of drug-likeness (QED) is 0.182. The summed E-state index contributed by atoms with van der Waals surface area (Å²) in [5.74, 6) is -0.216. The van der Waals surface area contributed by atoms with Crippen LogP contribution in [0.5, 0.6) is 11.5 Å². The summed E-state index contributed by atoms with van der Waals surface area (Å²) in [4.78, 5) is 12.9.